The molecule has 2 aromatic rings. The number of para-hydroxylation sites is 1. The summed E-state index contributed by atoms with van der Waals surface area (Å²) in [4.78, 5) is 26.8. The van der Waals surface area contributed by atoms with Crippen molar-refractivity contribution in [3.05, 3.63) is 59.7 Å². The second kappa shape index (κ2) is 6.74. The fourth-order valence-electron chi connectivity index (χ4n) is 2.86. The average molecular weight is 324 g/mol. The van der Waals surface area contributed by atoms with Crippen LogP contribution in [0.3, 0.4) is 0 Å². The lowest BCUT2D eigenvalue weighted by Gasteiger charge is -2.18. The number of carbonyl (C=O) groups is 2. The molecule has 1 atom stereocenters. The van der Waals surface area contributed by atoms with E-state index in [0.717, 1.165) is 11.3 Å². The number of ether oxygens (including phenoxy) is 1. The number of rotatable bonds is 4. The van der Waals surface area contributed by atoms with Crippen molar-refractivity contribution in [3.8, 4) is 5.75 Å². The van der Waals surface area contributed by atoms with Gasteiger partial charge in [-0.1, -0.05) is 29.8 Å². The number of nitrogens with one attached hydrogen (secondary N) is 1. The standard InChI is InChI=1S/C19H20N2O3/c1-13-7-9-14(10-8-13)21-12-11-16(19(21)23)20-18(22)15-5-3-4-6-17(15)24-2/h3-10,16H,11-12H2,1-2H3,(H,20,22). The fraction of sp³-hybridized carbons (Fsp3) is 0.263. The summed E-state index contributed by atoms with van der Waals surface area (Å²) >= 11 is 0. The van der Waals surface area contributed by atoms with Crippen LogP contribution < -0.4 is 15.0 Å². The third-order valence-electron chi connectivity index (χ3n) is 4.21. The van der Waals surface area contributed by atoms with Crippen molar-refractivity contribution in [3.63, 3.8) is 0 Å². The second-order valence-corrected chi connectivity index (χ2v) is 5.84. The highest BCUT2D eigenvalue weighted by Crippen LogP contribution is 2.23. The molecule has 5 heteroatoms. The molecule has 0 bridgehead atoms. The van der Waals surface area contributed by atoms with Crippen LogP contribution in [0, 0.1) is 6.92 Å². The maximum Gasteiger partial charge on any atom is 0.255 e. The van der Waals surface area contributed by atoms with Gasteiger partial charge in [0.25, 0.3) is 5.91 Å². The summed E-state index contributed by atoms with van der Waals surface area (Å²) in [5.41, 5.74) is 2.44. The molecule has 1 heterocycles. The predicted molar refractivity (Wildman–Crippen MR) is 92.4 cm³/mol. The first-order chi connectivity index (χ1) is 11.6. The Morgan fingerprint density at radius 3 is 2.58 bits per heavy atom. The Hall–Kier alpha value is -2.82. The Balaban J connectivity index is 1.71. The van der Waals surface area contributed by atoms with E-state index < -0.39 is 6.04 Å². The molecule has 1 saturated heterocycles. The molecular weight excluding hydrogens is 304 g/mol. The maximum atomic E-state index is 12.6. The molecule has 0 aromatic heterocycles. The van der Waals surface area contributed by atoms with Crippen LogP contribution in [0.4, 0.5) is 5.69 Å². The zero-order valence-corrected chi connectivity index (χ0v) is 13.8. The van der Waals surface area contributed by atoms with Gasteiger partial charge in [0.05, 0.1) is 12.7 Å². The summed E-state index contributed by atoms with van der Waals surface area (Å²) in [6.45, 7) is 2.60. The molecule has 0 spiro atoms. The van der Waals surface area contributed by atoms with E-state index in [1.165, 1.54) is 7.11 Å². The van der Waals surface area contributed by atoms with Crippen molar-refractivity contribution < 1.29 is 14.3 Å². The van der Waals surface area contributed by atoms with Crippen LogP contribution >= 0.6 is 0 Å². The van der Waals surface area contributed by atoms with E-state index in [1.54, 1.807) is 29.2 Å². The molecule has 3 rings (SSSR count). The highest BCUT2D eigenvalue weighted by atomic mass is 16.5. The summed E-state index contributed by atoms with van der Waals surface area (Å²) < 4.78 is 5.20. The van der Waals surface area contributed by atoms with Crippen LogP contribution in [0.1, 0.15) is 22.3 Å². The molecule has 5 nitrogen and oxygen atoms in total. The van der Waals surface area contributed by atoms with Crippen molar-refractivity contribution in [1.29, 1.82) is 0 Å². The summed E-state index contributed by atoms with van der Waals surface area (Å²) in [7, 11) is 1.52. The Labute approximate surface area is 141 Å². The third kappa shape index (κ3) is 3.11. The lowest BCUT2D eigenvalue weighted by molar-refractivity contribution is -0.118. The molecule has 1 N–H and O–H groups in total. The van der Waals surface area contributed by atoms with E-state index in [1.807, 2.05) is 31.2 Å². The van der Waals surface area contributed by atoms with Gasteiger partial charge in [-0.2, -0.15) is 0 Å². The molecule has 0 aliphatic carbocycles. The first kappa shape index (κ1) is 16.1. The minimum atomic E-state index is -0.510. The van der Waals surface area contributed by atoms with Crippen LogP contribution in [0.25, 0.3) is 0 Å². The van der Waals surface area contributed by atoms with Crippen molar-refractivity contribution in [1.82, 2.24) is 5.32 Å². The van der Waals surface area contributed by atoms with Gasteiger partial charge in [-0.05, 0) is 37.6 Å². The van der Waals surface area contributed by atoms with E-state index in [9.17, 15) is 9.59 Å². The van der Waals surface area contributed by atoms with Gasteiger partial charge in [0.1, 0.15) is 11.8 Å². The van der Waals surface area contributed by atoms with Gasteiger partial charge >= 0.3 is 0 Å². The quantitative estimate of drug-likeness (QED) is 0.940. The van der Waals surface area contributed by atoms with Gasteiger partial charge in [0.15, 0.2) is 0 Å². The summed E-state index contributed by atoms with van der Waals surface area (Å²) in [6.07, 6.45) is 0.591. The highest BCUT2D eigenvalue weighted by molar-refractivity contribution is 6.04. The summed E-state index contributed by atoms with van der Waals surface area (Å²) in [5.74, 6) is 0.120. The van der Waals surface area contributed by atoms with Crippen LogP contribution in [-0.4, -0.2) is 31.5 Å². The maximum absolute atomic E-state index is 12.6. The van der Waals surface area contributed by atoms with Crippen LogP contribution in [0.2, 0.25) is 0 Å². The highest BCUT2D eigenvalue weighted by Gasteiger charge is 2.34. The molecule has 1 unspecified atom stereocenters. The molecule has 1 aliphatic rings. The Morgan fingerprint density at radius 2 is 1.88 bits per heavy atom. The molecule has 124 valence electrons. The first-order valence-corrected chi connectivity index (χ1v) is 7.92. The van der Waals surface area contributed by atoms with Crippen molar-refractivity contribution in [2.45, 2.75) is 19.4 Å². The van der Waals surface area contributed by atoms with E-state index in [2.05, 4.69) is 5.32 Å². The minimum absolute atomic E-state index is 0.0814. The van der Waals surface area contributed by atoms with Crippen molar-refractivity contribution >= 4 is 17.5 Å². The molecule has 1 fully saturated rings. The monoisotopic (exact) mass is 324 g/mol. The fourth-order valence-corrected chi connectivity index (χ4v) is 2.86. The van der Waals surface area contributed by atoms with Crippen molar-refractivity contribution in [2.24, 2.45) is 0 Å². The van der Waals surface area contributed by atoms with Gasteiger partial charge in [0.2, 0.25) is 5.91 Å². The number of aryl methyl sites for hydroxylation is 1. The molecule has 1 aliphatic heterocycles. The largest absolute Gasteiger partial charge is 0.496 e. The molecule has 2 amide bonds. The minimum Gasteiger partial charge on any atom is -0.496 e. The lowest BCUT2D eigenvalue weighted by atomic mass is 10.1. The van der Waals surface area contributed by atoms with E-state index in [4.69, 9.17) is 4.74 Å². The Bertz CT molecular complexity index is 755. The number of carbonyl (C=O) groups excluding carboxylic acids is 2. The third-order valence-corrected chi connectivity index (χ3v) is 4.21. The number of nitrogens with zero attached hydrogens (tertiary/aromatic N) is 1. The summed E-state index contributed by atoms with van der Waals surface area (Å²) in [6, 6.07) is 14.3. The first-order valence-electron chi connectivity index (χ1n) is 7.92. The van der Waals surface area contributed by atoms with Gasteiger partial charge in [-0.25, -0.2) is 0 Å². The van der Waals surface area contributed by atoms with Crippen LogP contribution in [0.15, 0.2) is 48.5 Å². The molecule has 0 saturated carbocycles. The van der Waals surface area contributed by atoms with Crippen molar-refractivity contribution in [2.75, 3.05) is 18.6 Å². The molecule has 24 heavy (non-hydrogen) atoms. The number of benzene rings is 2. The Morgan fingerprint density at radius 1 is 1.17 bits per heavy atom. The molecule has 0 radical (unpaired) electrons. The van der Waals surface area contributed by atoms with Crippen LogP contribution in [0.5, 0.6) is 5.75 Å². The summed E-state index contributed by atoms with van der Waals surface area (Å²) in [5, 5.41) is 2.82. The van der Waals surface area contributed by atoms with Gasteiger partial charge < -0.3 is 15.0 Å². The SMILES string of the molecule is COc1ccccc1C(=O)NC1CCN(c2ccc(C)cc2)C1=O. The molecular formula is C19H20N2O3. The van der Waals surface area contributed by atoms with E-state index in [-0.39, 0.29) is 11.8 Å². The van der Waals surface area contributed by atoms with Gasteiger partial charge in [-0.15, -0.1) is 0 Å². The smallest absolute Gasteiger partial charge is 0.255 e. The van der Waals surface area contributed by atoms with Crippen LogP contribution in [-0.2, 0) is 4.79 Å². The van der Waals surface area contributed by atoms with E-state index in [0.29, 0.717) is 24.3 Å². The average Bonchev–Trinajstić information content (AvgIpc) is 2.96. The zero-order valence-electron chi connectivity index (χ0n) is 13.8. The topological polar surface area (TPSA) is 58.6 Å². The molecule has 2 aromatic carbocycles. The number of methoxy groups -OCH3 is 1. The number of hydrogen-bond donors (Lipinski definition) is 1. The van der Waals surface area contributed by atoms with Gasteiger partial charge in [-0.3, -0.25) is 9.59 Å². The van der Waals surface area contributed by atoms with E-state index >= 15 is 0 Å². The predicted octanol–water partition coefficient (Wildman–Crippen LogP) is 2.54. The number of hydrogen-bond acceptors (Lipinski definition) is 3. The Kier molecular flexibility index (Phi) is 4.51. The second-order valence-electron chi connectivity index (χ2n) is 5.84. The lowest BCUT2D eigenvalue weighted by Crippen LogP contribution is -2.41. The normalized spacial score (nSPS) is 17.0. The number of anilines is 1. The number of amides is 2. The zero-order chi connectivity index (χ0) is 17.1. The van der Waals surface area contributed by atoms with Gasteiger partial charge in [0, 0.05) is 12.2 Å².